The average Bonchev–Trinajstić information content (AvgIpc) is 2.19. The first-order valence-corrected chi connectivity index (χ1v) is 5.16. The van der Waals surface area contributed by atoms with E-state index in [9.17, 15) is 0 Å². The highest BCUT2D eigenvalue weighted by molar-refractivity contribution is 5.18. The minimum absolute atomic E-state index is 0.282. The van der Waals surface area contributed by atoms with Crippen LogP contribution in [0.25, 0.3) is 0 Å². The van der Waals surface area contributed by atoms with Gasteiger partial charge in [0.2, 0.25) is 0 Å². The molecule has 1 aromatic carbocycles. The number of nitrogens with one attached hydrogen (secondary N) is 1. The summed E-state index contributed by atoms with van der Waals surface area (Å²) in [6.45, 7) is 6.24. The zero-order chi connectivity index (χ0) is 10.6. The first kappa shape index (κ1) is 11.2. The third-order valence-electron chi connectivity index (χ3n) is 2.58. The third kappa shape index (κ3) is 3.13. The summed E-state index contributed by atoms with van der Waals surface area (Å²) >= 11 is 0. The molecule has 0 fully saturated rings. The Morgan fingerprint density at radius 2 is 1.93 bits per heavy atom. The van der Waals surface area contributed by atoms with Gasteiger partial charge < -0.3 is 5.73 Å². The lowest BCUT2D eigenvalue weighted by Crippen LogP contribution is -2.51. The van der Waals surface area contributed by atoms with Crippen molar-refractivity contribution in [3.05, 3.63) is 35.9 Å². The Hall–Kier alpha value is -0.860. The van der Waals surface area contributed by atoms with Gasteiger partial charge in [0.1, 0.15) is 0 Å². The van der Waals surface area contributed by atoms with Gasteiger partial charge in [0, 0.05) is 6.04 Å². The average molecular weight is 192 g/mol. The SMILES string of the molecule is CC[C@@](C)(N)NC(C)c1ccccc1. The zero-order valence-electron chi connectivity index (χ0n) is 9.25. The Morgan fingerprint density at radius 3 is 2.43 bits per heavy atom. The van der Waals surface area contributed by atoms with E-state index in [1.54, 1.807) is 0 Å². The van der Waals surface area contributed by atoms with Gasteiger partial charge in [0.05, 0.1) is 5.66 Å². The molecule has 1 aromatic rings. The fourth-order valence-corrected chi connectivity index (χ4v) is 1.42. The van der Waals surface area contributed by atoms with E-state index >= 15 is 0 Å². The molecule has 0 aliphatic heterocycles. The molecule has 0 radical (unpaired) electrons. The number of nitrogens with two attached hydrogens (primary N) is 1. The molecule has 0 aliphatic rings. The van der Waals surface area contributed by atoms with Crippen LogP contribution in [0.3, 0.4) is 0 Å². The van der Waals surface area contributed by atoms with E-state index in [-0.39, 0.29) is 5.66 Å². The highest BCUT2D eigenvalue weighted by Crippen LogP contribution is 2.14. The molecule has 1 unspecified atom stereocenters. The second-order valence-corrected chi connectivity index (χ2v) is 4.05. The minimum atomic E-state index is -0.282. The van der Waals surface area contributed by atoms with Gasteiger partial charge in [-0.05, 0) is 25.8 Å². The predicted molar refractivity (Wildman–Crippen MR) is 60.9 cm³/mol. The molecule has 0 saturated carbocycles. The summed E-state index contributed by atoms with van der Waals surface area (Å²) in [5.74, 6) is 0. The van der Waals surface area contributed by atoms with Gasteiger partial charge in [-0.3, -0.25) is 5.32 Å². The minimum Gasteiger partial charge on any atom is -0.314 e. The summed E-state index contributed by atoms with van der Waals surface area (Å²) in [6.07, 6.45) is 0.921. The molecule has 0 heterocycles. The van der Waals surface area contributed by atoms with Gasteiger partial charge in [-0.25, -0.2) is 0 Å². The normalized spacial score (nSPS) is 17.4. The van der Waals surface area contributed by atoms with Crippen LogP contribution in [-0.2, 0) is 0 Å². The summed E-state index contributed by atoms with van der Waals surface area (Å²) < 4.78 is 0. The van der Waals surface area contributed by atoms with Crippen LogP contribution in [0.2, 0.25) is 0 Å². The Labute approximate surface area is 86.5 Å². The van der Waals surface area contributed by atoms with Crippen molar-refractivity contribution in [1.82, 2.24) is 5.32 Å². The fraction of sp³-hybridized carbons (Fsp3) is 0.500. The van der Waals surface area contributed by atoms with Crippen LogP contribution >= 0.6 is 0 Å². The number of hydrogen-bond acceptors (Lipinski definition) is 2. The number of hydrogen-bond donors (Lipinski definition) is 2. The van der Waals surface area contributed by atoms with Crippen molar-refractivity contribution < 1.29 is 0 Å². The lowest BCUT2D eigenvalue weighted by molar-refractivity contribution is 0.319. The van der Waals surface area contributed by atoms with Crippen molar-refractivity contribution in [3.63, 3.8) is 0 Å². The second kappa shape index (κ2) is 4.58. The molecule has 2 nitrogen and oxygen atoms in total. The van der Waals surface area contributed by atoms with E-state index in [1.807, 2.05) is 25.1 Å². The van der Waals surface area contributed by atoms with Gasteiger partial charge in [-0.2, -0.15) is 0 Å². The molecule has 2 heteroatoms. The van der Waals surface area contributed by atoms with E-state index in [0.717, 1.165) is 6.42 Å². The van der Waals surface area contributed by atoms with Gasteiger partial charge in [0.25, 0.3) is 0 Å². The van der Waals surface area contributed by atoms with Crippen LogP contribution in [-0.4, -0.2) is 5.66 Å². The summed E-state index contributed by atoms with van der Waals surface area (Å²) in [7, 11) is 0. The lowest BCUT2D eigenvalue weighted by atomic mass is 10.0. The van der Waals surface area contributed by atoms with Crippen LogP contribution < -0.4 is 11.1 Å². The molecule has 1 rings (SSSR count). The van der Waals surface area contributed by atoms with Crippen molar-refractivity contribution in [2.75, 3.05) is 0 Å². The smallest absolute Gasteiger partial charge is 0.0634 e. The van der Waals surface area contributed by atoms with E-state index < -0.39 is 0 Å². The molecule has 0 spiro atoms. The van der Waals surface area contributed by atoms with E-state index in [4.69, 9.17) is 5.73 Å². The van der Waals surface area contributed by atoms with Crippen LogP contribution in [0.4, 0.5) is 0 Å². The molecule has 0 aromatic heterocycles. The third-order valence-corrected chi connectivity index (χ3v) is 2.58. The Morgan fingerprint density at radius 1 is 1.36 bits per heavy atom. The second-order valence-electron chi connectivity index (χ2n) is 4.05. The van der Waals surface area contributed by atoms with Crippen LogP contribution in [0.5, 0.6) is 0 Å². The quantitative estimate of drug-likeness (QED) is 0.719. The highest BCUT2D eigenvalue weighted by atomic mass is 15.1. The molecule has 3 N–H and O–H groups in total. The largest absolute Gasteiger partial charge is 0.314 e. The molecule has 2 atom stereocenters. The van der Waals surface area contributed by atoms with Gasteiger partial charge >= 0.3 is 0 Å². The maximum Gasteiger partial charge on any atom is 0.0634 e. The van der Waals surface area contributed by atoms with Crippen molar-refractivity contribution in [2.45, 2.75) is 38.9 Å². The summed E-state index contributed by atoms with van der Waals surface area (Å²) in [6, 6.07) is 10.6. The Balaban J connectivity index is 2.64. The van der Waals surface area contributed by atoms with E-state index in [1.165, 1.54) is 5.56 Å². The molecular formula is C12H20N2. The van der Waals surface area contributed by atoms with Gasteiger partial charge in [0.15, 0.2) is 0 Å². The molecule has 14 heavy (non-hydrogen) atoms. The van der Waals surface area contributed by atoms with Crippen molar-refractivity contribution in [1.29, 1.82) is 0 Å². The summed E-state index contributed by atoms with van der Waals surface area (Å²) in [5, 5.41) is 3.40. The number of rotatable bonds is 4. The maximum absolute atomic E-state index is 6.04. The monoisotopic (exact) mass is 192 g/mol. The zero-order valence-corrected chi connectivity index (χ0v) is 9.25. The van der Waals surface area contributed by atoms with Crippen molar-refractivity contribution >= 4 is 0 Å². The topological polar surface area (TPSA) is 38.0 Å². The molecular weight excluding hydrogens is 172 g/mol. The summed E-state index contributed by atoms with van der Waals surface area (Å²) in [4.78, 5) is 0. The Bertz CT molecular complexity index is 267. The van der Waals surface area contributed by atoms with E-state index in [0.29, 0.717) is 6.04 Å². The van der Waals surface area contributed by atoms with Crippen molar-refractivity contribution in [2.24, 2.45) is 5.73 Å². The first-order chi connectivity index (χ1) is 6.55. The molecule has 0 amide bonds. The highest BCUT2D eigenvalue weighted by Gasteiger charge is 2.18. The van der Waals surface area contributed by atoms with Crippen LogP contribution in [0.15, 0.2) is 30.3 Å². The van der Waals surface area contributed by atoms with Crippen molar-refractivity contribution in [3.8, 4) is 0 Å². The molecule has 0 saturated heterocycles. The lowest BCUT2D eigenvalue weighted by Gasteiger charge is -2.29. The summed E-state index contributed by atoms with van der Waals surface area (Å²) in [5.41, 5.74) is 7.04. The maximum atomic E-state index is 6.04. The predicted octanol–water partition coefficient (Wildman–Crippen LogP) is 2.42. The van der Waals surface area contributed by atoms with Gasteiger partial charge in [-0.15, -0.1) is 0 Å². The van der Waals surface area contributed by atoms with Gasteiger partial charge in [-0.1, -0.05) is 37.3 Å². The standard InChI is InChI=1S/C12H20N2/c1-4-12(3,13)14-10(2)11-8-6-5-7-9-11/h5-10,14H,4,13H2,1-3H3/t10?,12-/m0/s1. The molecule has 0 aliphatic carbocycles. The first-order valence-electron chi connectivity index (χ1n) is 5.16. The Kier molecular flexibility index (Phi) is 3.67. The molecule has 78 valence electrons. The van der Waals surface area contributed by atoms with Crippen LogP contribution in [0, 0.1) is 0 Å². The van der Waals surface area contributed by atoms with E-state index in [2.05, 4.69) is 31.3 Å². The number of benzene rings is 1. The molecule has 0 bridgehead atoms. The fourth-order valence-electron chi connectivity index (χ4n) is 1.42. The van der Waals surface area contributed by atoms with Crippen LogP contribution in [0.1, 0.15) is 38.8 Å².